The highest BCUT2D eigenvalue weighted by atomic mass is 32.2. The smallest absolute Gasteiger partial charge is 0.348 e. The number of aliphatic hydroxyl groups excluding tert-OH is 1. The number of aromatic nitrogens is 1. The number of aliphatic hydroxyl groups is 1. The van der Waals surface area contributed by atoms with E-state index in [0.717, 1.165) is 11.3 Å². The first-order valence-electron chi connectivity index (χ1n) is 7.11. The Kier molecular flexibility index (Phi) is 4.26. The SMILES string of the molecule is CS(=O)c1cc(N2CCC(O)CC2)nc2sc(C(=O)O)c(N)c12. The number of anilines is 2. The summed E-state index contributed by atoms with van der Waals surface area (Å²) in [4.78, 5) is 18.8. The molecule has 0 saturated carbocycles. The van der Waals surface area contributed by atoms with E-state index < -0.39 is 16.8 Å². The highest BCUT2D eigenvalue weighted by molar-refractivity contribution is 7.84. The van der Waals surface area contributed by atoms with Gasteiger partial charge in [0.1, 0.15) is 15.5 Å². The lowest BCUT2D eigenvalue weighted by Crippen LogP contribution is -2.36. The topological polar surface area (TPSA) is 117 Å². The molecule has 0 radical (unpaired) electrons. The minimum Gasteiger partial charge on any atom is -0.477 e. The largest absolute Gasteiger partial charge is 0.477 e. The zero-order valence-corrected chi connectivity index (χ0v) is 14.1. The van der Waals surface area contributed by atoms with E-state index in [9.17, 15) is 19.2 Å². The zero-order chi connectivity index (χ0) is 16.7. The predicted molar refractivity (Wildman–Crippen MR) is 90.8 cm³/mol. The minimum absolute atomic E-state index is 0.0189. The maximum absolute atomic E-state index is 12.1. The third-order valence-electron chi connectivity index (χ3n) is 3.94. The summed E-state index contributed by atoms with van der Waals surface area (Å²) in [5.41, 5.74) is 6.05. The lowest BCUT2D eigenvalue weighted by molar-refractivity contribution is 0.0703. The maximum Gasteiger partial charge on any atom is 0.348 e. The van der Waals surface area contributed by atoms with Crippen molar-refractivity contribution in [3.8, 4) is 0 Å². The number of nitrogens with zero attached hydrogens (tertiary/aromatic N) is 2. The molecule has 9 heteroatoms. The monoisotopic (exact) mass is 355 g/mol. The number of nitrogens with two attached hydrogens (primary N) is 1. The number of thiophene rings is 1. The second kappa shape index (κ2) is 6.06. The van der Waals surface area contributed by atoms with Gasteiger partial charge in [0.2, 0.25) is 0 Å². The number of nitrogen functional groups attached to an aromatic ring is 1. The Labute approximate surface area is 139 Å². The van der Waals surface area contributed by atoms with Gasteiger partial charge in [-0.15, -0.1) is 11.3 Å². The highest BCUT2D eigenvalue weighted by Crippen LogP contribution is 2.38. The van der Waals surface area contributed by atoms with Crippen molar-refractivity contribution in [1.82, 2.24) is 4.98 Å². The van der Waals surface area contributed by atoms with Crippen LogP contribution in [-0.2, 0) is 10.8 Å². The Morgan fingerprint density at radius 3 is 2.70 bits per heavy atom. The first-order chi connectivity index (χ1) is 10.9. The van der Waals surface area contributed by atoms with Crippen LogP contribution in [0.2, 0.25) is 0 Å². The summed E-state index contributed by atoms with van der Waals surface area (Å²) in [5.74, 6) is -0.464. The van der Waals surface area contributed by atoms with Crippen LogP contribution in [0.3, 0.4) is 0 Å². The van der Waals surface area contributed by atoms with Crippen LogP contribution in [0.25, 0.3) is 10.2 Å². The molecule has 1 atom stereocenters. The Morgan fingerprint density at radius 2 is 2.13 bits per heavy atom. The highest BCUT2D eigenvalue weighted by Gasteiger charge is 2.24. The van der Waals surface area contributed by atoms with Crippen molar-refractivity contribution in [3.63, 3.8) is 0 Å². The van der Waals surface area contributed by atoms with Gasteiger partial charge in [-0.25, -0.2) is 9.78 Å². The average Bonchev–Trinajstić information content (AvgIpc) is 2.84. The Morgan fingerprint density at radius 1 is 1.48 bits per heavy atom. The number of carboxylic acids is 1. The Bertz CT molecular complexity index is 797. The van der Waals surface area contributed by atoms with Crippen LogP contribution >= 0.6 is 11.3 Å². The Balaban J connectivity index is 2.15. The molecule has 3 heterocycles. The number of aromatic carboxylic acids is 1. The fourth-order valence-corrected chi connectivity index (χ4v) is 4.50. The number of hydrogen-bond donors (Lipinski definition) is 3. The number of fused-ring (bicyclic) bond motifs is 1. The fraction of sp³-hybridized carbons (Fsp3) is 0.429. The van der Waals surface area contributed by atoms with Crippen molar-refractivity contribution >= 4 is 49.8 Å². The van der Waals surface area contributed by atoms with Crippen LogP contribution in [0.15, 0.2) is 11.0 Å². The fourth-order valence-electron chi connectivity index (χ4n) is 2.72. The third-order valence-corrected chi connectivity index (χ3v) is 5.97. The van der Waals surface area contributed by atoms with Crippen molar-refractivity contribution < 1.29 is 19.2 Å². The van der Waals surface area contributed by atoms with Crippen molar-refractivity contribution in [2.24, 2.45) is 0 Å². The van der Waals surface area contributed by atoms with Crippen LogP contribution in [0, 0.1) is 0 Å². The maximum atomic E-state index is 12.1. The van der Waals surface area contributed by atoms with Crippen LogP contribution in [0.1, 0.15) is 22.5 Å². The first-order valence-corrected chi connectivity index (χ1v) is 9.48. The van der Waals surface area contributed by atoms with Crippen molar-refractivity contribution in [1.29, 1.82) is 0 Å². The molecule has 2 aromatic heterocycles. The average molecular weight is 355 g/mol. The van der Waals surface area contributed by atoms with E-state index in [1.54, 1.807) is 6.07 Å². The van der Waals surface area contributed by atoms with Gasteiger partial charge < -0.3 is 20.8 Å². The van der Waals surface area contributed by atoms with Gasteiger partial charge in [-0.1, -0.05) is 0 Å². The molecule has 4 N–H and O–H groups in total. The molecule has 1 aliphatic rings. The molecule has 0 amide bonds. The third kappa shape index (κ3) is 2.91. The van der Waals surface area contributed by atoms with Gasteiger partial charge in [-0.3, -0.25) is 4.21 Å². The molecular weight excluding hydrogens is 338 g/mol. The summed E-state index contributed by atoms with van der Waals surface area (Å²) in [6, 6.07) is 1.71. The predicted octanol–water partition coefficient (Wildman–Crippen LogP) is 1.28. The summed E-state index contributed by atoms with van der Waals surface area (Å²) < 4.78 is 12.1. The van der Waals surface area contributed by atoms with Gasteiger partial charge in [0.15, 0.2) is 0 Å². The van der Waals surface area contributed by atoms with E-state index in [0.29, 0.717) is 46.9 Å². The summed E-state index contributed by atoms with van der Waals surface area (Å²) in [5, 5.41) is 19.3. The molecule has 0 aliphatic carbocycles. The van der Waals surface area contributed by atoms with Gasteiger partial charge in [0.25, 0.3) is 0 Å². The minimum atomic E-state index is -1.32. The molecular formula is C14H17N3O4S2. The molecule has 0 bridgehead atoms. The molecule has 3 rings (SSSR count). The van der Waals surface area contributed by atoms with Crippen LogP contribution in [-0.4, -0.2) is 50.8 Å². The quantitative estimate of drug-likeness (QED) is 0.759. The van der Waals surface area contributed by atoms with E-state index in [-0.39, 0.29) is 16.7 Å². The molecule has 2 aromatic rings. The van der Waals surface area contributed by atoms with E-state index in [1.807, 2.05) is 4.90 Å². The van der Waals surface area contributed by atoms with Crippen LogP contribution < -0.4 is 10.6 Å². The van der Waals surface area contributed by atoms with Gasteiger partial charge in [0, 0.05) is 19.3 Å². The molecule has 23 heavy (non-hydrogen) atoms. The summed E-state index contributed by atoms with van der Waals surface area (Å²) in [6.45, 7) is 1.31. The molecule has 1 unspecified atom stereocenters. The molecule has 1 saturated heterocycles. The molecule has 0 spiro atoms. The molecule has 1 fully saturated rings. The summed E-state index contributed by atoms with van der Waals surface area (Å²) in [7, 11) is -1.32. The lowest BCUT2D eigenvalue weighted by atomic mass is 10.1. The standard InChI is InChI=1S/C14H17N3O4S2/c1-23(21)8-6-9(17-4-2-7(18)3-5-17)16-13-10(8)11(15)12(22-13)14(19)20/h6-7,18H,2-5,15H2,1H3,(H,19,20). The van der Waals surface area contributed by atoms with Gasteiger partial charge in [0.05, 0.1) is 32.9 Å². The summed E-state index contributed by atoms with van der Waals surface area (Å²) in [6.07, 6.45) is 2.54. The van der Waals surface area contributed by atoms with Gasteiger partial charge in [-0.05, 0) is 18.9 Å². The van der Waals surface area contributed by atoms with E-state index in [1.165, 1.54) is 6.26 Å². The van der Waals surface area contributed by atoms with E-state index in [2.05, 4.69) is 4.98 Å². The Hall–Kier alpha value is -1.71. The van der Waals surface area contributed by atoms with Crippen LogP contribution in [0.4, 0.5) is 11.5 Å². The zero-order valence-electron chi connectivity index (χ0n) is 12.5. The van der Waals surface area contributed by atoms with E-state index in [4.69, 9.17) is 5.73 Å². The second-order valence-corrected chi connectivity index (χ2v) is 7.83. The molecule has 124 valence electrons. The van der Waals surface area contributed by atoms with Crippen LogP contribution in [0.5, 0.6) is 0 Å². The van der Waals surface area contributed by atoms with Crippen molar-refractivity contribution in [2.75, 3.05) is 30.0 Å². The van der Waals surface area contributed by atoms with Crippen molar-refractivity contribution in [3.05, 3.63) is 10.9 Å². The number of carbonyl (C=O) groups is 1. The van der Waals surface area contributed by atoms with E-state index >= 15 is 0 Å². The number of carboxylic acid groups (broad SMARTS) is 1. The molecule has 1 aliphatic heterocycles. The second-order valence-electron chi connectivity index (χ2n) is 5.48. The van der Waals surface area contributed by atoms with Gasteiger partial charge in [-0.2, -0.15) is 0 Å². The normalized spacial score (nSPS) is 17.6. The van der Waals surface area contributed by atoms with Crippen molar-refractivity contribution in [2.45, 2.75) is 23.8 Å². The van der Waals surface area contributed by atoms with Gasteiger partial charge >= 0.3 is 5.97 Å². The summed E-state index contributed by atoms with van der Waals surface area (Å²) >= 11 is 0.996. The number of rotatable bonds is 3. The number of hydrogen-bond acceptors (Lipinski definition) is 7. The number of piperidine rings is 1. The molecule has 0 aromatic carbocycles. The lowest BCUT2D eigenvalue weighted by Gasteiger charge is -2.30. The number of pyridine rings is 1. The molecule has 7 nitrogen and oxygen atoms in total. The first kappa shape index (κ1) is 16.2.